The molecule has 0 nitrogen and oxygen atoms in total. The first-order valence-electron chi connectivity index (χ1n) is 1.19. The van der Waals surface area contributed by atoms with E-state index in [1.807, 2.05) is 0 Å². The van der Waals surface area contributed by atoms with Crippen LogP contribution in [0, 0.1) is 0 Å². The third-order valence-electron chi connectivity index (χ3n) is 0.213. The SMILES string of the molecule is C=CP(=S)(Cl)Cl. The summed E-state index contributed by atoms with van der Waals surface area (Å²) in [7, 11) is 0. The molecule has 0 aromatic heterocycles. The summed E-state index contributed by atoms with van der Waals surface area (Å²) in [5.41, 5.74) is 0. The van der Waals surface area contributed by atoms with E-state index >= 15 is 0 Å². The lowest BCUT2D eigenvalue weighted by atomic mass is 11.3. The van der Waals surface area contributed by atoms with Crippen molar-refractivity contribution in [2.45, 2.75) is 0 Å². The van der Waals surface area contributed by atoms with Crippen molar-refractivity contribution in [3.8, 4) is 0 Å². The molecule has 6 heavy (non-hydrogen) atoms. The molecule has 0 saturated heterocycles. The zero-order chi connectivity index (χ0) is 5.21. The highest BCUT2D eigenvalue weighted by Crippen LogP contribution is 2.57. The molecule has 0 aliphatic heterocycles. The number of hydrogen-bond acceptors (Lipinski definition) is 1. The topological polar surface area (TPSA) is 0 Å². The fourth-order valence-corrected chi connectivity index (χ4v) is 0. The maximum absolute atomic E-state index is 5.29. The molecule has 0 amide bonds. The Hall–Kier alpha value is 0.970. The van der Waals surface area contributed by atoms with E-state index in [-0.39, 0.29) is 0 Å². The Balaban J connectivity index is 3.81. The Morgan fingerprint density at radius 2 is 1.83 bits per heavy atom. The van der Waals surface area contributed by atoms with Gasteiger partial charge >= 0.3 is 0 Å². The minimum atomic E-state index is -2.10. The van der Waals surface area contributed by atoms with Gasteiger partial charge in [0.1, 0.15) is 4.74 Å². The van der Waals surface area contributed by atoms with Crippen LogP contribution in [0.4, 0.5) is 0 Å². The molecular weight excluding hydrogens is 158 g/mol. The van der Waals surface area contributed by atoms with Crippen LogP contribution >= 0.6 is 27.2 Å². The highest BCUT2D eigenvalue weighted by Gasteiger charge is 1.96. The van der Waals surface area contributed by atoms with Crippen LogP contribution < -0.4 is 0 Å². The quantitative estimate of drug-likeness (QED) is 0.532. The third kappa shape index (κ3) is 4.97. The highest BCUT2D eigenvalue weighted by molar-refractivity contribution is 8.40. The highest BCUT2D eigenvalue weighted by atomic mass is 35.9. The fraction of sp³-hybridized carbons (Fsp3) is 0. The van der Waals surface area contributed by atoms with E-state index < -0.39 is 4.74 Å². The summed E-state index contributed by atoms with van der Waals surface area (Å²) < 4.78 is -2.10. The second kappa shape index (κ2) is 2.32. The molecule has 4 heteroatoms. The fourth-order valence-electron chi connectivity index (χ4n) is 0. The molecule has 0 unspecified atom stereocenters. The van der Waals surface area contributed by atoms with Gasteiger partial charge in [-0.05, 0) is 5.82 Å². The molecule has 0 aromatic rings. The standard InChI is InChI=1S/C2H3Cl2PS/c1-2-5(3,4)6/h2H,1H2. The van der Waals surface area contributed by atoms with Crippen LogP contribution in [0.15, 0.2) is 12.4 Å². The van der Waals surface area contributed by atoms with Gasteiger partial charge < -0.3 is 0 Å². The van der Waals surface area contributed by atoms with Crippen LogP contribution in [0.25, 0.3) is 0 Å². The smallest absolute Gasteiger partial charge is 0.0956 e. The van der Waals surface area contributed by atoms with Gasteiger partial charge in [-0.25, -0.2) is 0 Å². The molecule has 0 fully saturated rings. The van der Waals surface area contributed by atoms with Gasteiger partial charge in [0, 0.05) is 0 Å². The molecule has 0 saturated carbocycles. The Morgan fingerprint density at radius 3 is 1.83 bits per heavy atom. The Bertz CT molecular complexity index is 93.7. The second-order valence-electron chi connectivity index (χ2n) is 0.685. The van der Waals surface area contributed by atoms with E-state index in [4.69, 9.17) is 22.5 Å². The molecule has 0 rings (SSSR count). The van der Waals surface area contributed by atoms with Crippen molar-refractivity contribution in [2.24, 2.45) is 0 Å². The summed E-state index contributed by atoms with van der Waals surface area (Å²) in [6.45, 7) is 3.31. The summed E-state index contributed by atoms with van der Waals surface area (Å²) in [5.74, 6) is 1.39. The summed E-state index contributed by atoms with van der Waals surface area (Å²) in [6.07, 6.45) is 0. The van der Waals surface area contributed by atoms with E-state index in [2.05, 4.69) is 18.4 Å². The Kier molecular flexibility index (Phi) is 2.70. The minimum Gasteiger partial charge on any atom is -0.0956 e. The van der Waals surface area contributed by atoms with E-state index in [9.17, 15) is 0 Å². The molecule has 0 N–H and O–H groups in total. The number of hydrogen-bond donors (Lipinski definition) is 0. The largest absolute Gasteiger partial charge is 0.139 e. The first-order valence-corrected chi connectivity index (χ1v) is 5.87. The zero-order valence-corrected chi connectivity index (χ0v) is 6.12. The minimum absolute atomic E-state index is 1.39. The summed E-state index contributed by atoms with van der Waals surface area (Å²) >= 11 is 15.1. The third-order valence-corrected chi connectivity index (χ3v) is 1.91. The zero-order valence-electron chi connectivity index (χ0n) is 2.90. The summed E-state index contributed by atoms with van der Waals surface area (Å²) in [4.78, 5) is 0. The first kappa shape index (κ1) is 6.97. The molecule has 0 aromatic carbocycles. The van der Waals surface area contributed by atoms with Crippen molar-refractivity contribution in [3.05, 3.63) is 12.4 Å². The molecular formula is C2H3Cl2PS. The molecule has 0 spiro atoms. The van der Waals surface area contributed by atoms with E-state index in [1.54, 1.807) is 0 Å². The van der Waals surface area contributed by atoms with Crippen LogP contribution in [-0.2, 0) is 11.8 Å². The molecule has 0 atom stereocenters. The van der Waals surface area contributed by atoms with Gasteiger partial charge in [-0.2, -0.15) is 0 Å². The van der Waals surface area contributed by atoms with E-state index in [1.165, 1.54) is 5.82 Å². The summed E-state index contributed by atoms with van der Waals surface area (Å²) in [5, 5.41) is 0. The maximum atomic E-state index is 5.29. The second-order valence-corrected chi connectivity index (χ2v) is 8.70. The van der Waals surface area contributed by atoms with Crippen LogP contribution in [0.2, 0.25) is 0 Å². The van der Waals surface area contributed by atoms with Gasteiger partial charge in [-0.1, -0.05) is 40.9 Å². The van der Waals surface area contributed by atoms with Crippen LogP contribution in [0.3, 0.4) is 0 Å². The average molecular weight is 161 g/mol. The molecule has 0 radical (unpaired) electrons. The van der Waals surface area contributed by atoms with Crippen LogP contribution in [0.5, 0.6) is 0 Å². The van der Waals surface area contributed by atoms with Gasteiger partial charge in [-0.3, -0.25) is 0 Å². The number of halogens is 2. The lowest BCUT2D eigenvalue weighted by molar-refractivity contribution is 2.65. The van der Waals surface area contributed by atoms with E-state index in [0.717, 1.165) is 0 Å². The van der Waals surface area contributed by atoms with Crippen molar-refractivity contribution >= 4 is 39.0 Å². The Morgan fingerprint density at radius 1 is 1.67 bits per heavy atom. The lowest BCUT2D eigenvalue weighted by Gasteiger charge is -1.88. The Labute approximate surface area is 51.7 Å². The van der Waals surface area contributed by atoms with Crippen molar-refractivity contribution in [2.75, 3.05) is 0 Å². The van der Waals surface area contributed by atoms with Crippen molar-refractivity contribution < 1.29 is 0 Å². The van der Waals surface area contributed by atoms with Gasteiger partial charge in [0.15, 0.2) is 0 Å². The summed E-state index contributed by atoms with van der Waals surface area (Å²) in [6, 6.07) is 0. The molecule has 0 aliphatic carbocycles. The first-order chi connectivity index (χ1) is 2.56. The van der Waals surface area contributed by atoms with Crippen LogP contribution in [-0.4, -0.2) is 0 Å². The van der Waals surface area contributed by atoms with Gasteiger partial charge in [0.05, 0.1) is 0 Å². The van der Waals surface area contributed by atoms with Gasteiger partial charge in [0.2, 0.25) is 0 Å². The number of rotatable bonds is 1. The normalized spacial score (nSPS) is 11.0. The lowest BCUT2D eigenvalue weighted by Crippen LogP contribution is -1.35. The van der Waals surface area contributed by atoms with Gasteiger partial charge in [-0.15, -0.1) is 0 Å². The monoisotopic (exact) mass is 160 g/mol. The predicted octanol–water partition coefficient (Wildman–Crippen LogP) is 2.92. The van der Waals surface area contributed by atoms with E-state index in [0.29, 0.717) is 0 Å². The molecule has 0 bridgehead atoms. The molecule has 0 heterocycles. The predicted molar refractivity (Wildman–Crippen MR) is 36.2 cm³/mol. The maximum Gasteiger partial charge on any atom is 0.139 e. The molecule has 36 valence electrons. The molecule has 0 aliphatic rings. The van der Waals surface area contributed by atoms with Crippen LogP contribution in [0.1, 0.15) is 0 Å². The van der Waals surface area contributed by atoms with Crippen molar-refractivity contribution in [1.82, 2.24) is 0 Å². The van der Waals surface area contributed by atoms with Gasteiger partial charge in [0.25, 0.3) is 0 Å². The van der Waals surface area contributed by atoms with Crippen molar-refractivity contribution in [3.63, 3.8) is 0 Å². The van der Waals surface area contributed by atoms with Crippen molar-refractivity contribution in [1.29, 1.82) is 0 Å². The average Bonchev–Trinajstić information content (AvgIpc) is 1.35.